The predicted octanol–water partition coefficient (Wildman–Crippen LogP) is 9.54. The number of rotatable bonds is 9. The Bertz CT molecular complexity index is 2130. The monoisotopic (exact) mass is 804 g/mol. The van der Waals surface area contributed by atoms with Gasteiger partial charge in [-0.25, -0.2) is 14.8 Å². The van der Waals surface area contributed by atoms with Gasteiger partial charge in [0.05, 0.1) is 59.6 Å². The van der Waals surface area contributed by atoms with Crippen molar-refractivity contribution >= 4 is 49.2 Å². The molecule has 1 N–H and O–H groups in total. The van der Waals surface area contributed by atoms with E-state index in [1.54, 1.807) is 36.4 Å². The number of nitrogens with one attached hydrogen (secondary N) is 1. The minimum atomic E-state index is -1.83. The van der Waals surface area contributed by atoms with Crippen LogP contribution in [0.4, 0.5) is 10.5 Å². The third kappa shape index (κ3) is 8.84. The molecular weight excluding hydrogens is 755 g/mol. The van der Waals surface area contributed by atoms with Crippen molar-refractivity contribution in [3.05, 3.63) is 86.9 Å². The summed E-state index contributed by atoms with van der Waals surface area (Å²) in [6.07, 6.45) is 1.51. The molecule has 1 fully saturated rings. The zero-order valence-electron chi connectivity index (χ0n) is 33.3. The van der Waals surface area contributed by atoms with Gasteiger partial charge in [0.15, 0.2) is 8.32 Å². The molecule has 292 valence electrons. The summed E-state index contributed by atoms with van der Waals surface area (Å²) in [5, 5.41) is 3.83. The largest absolute Gasteiger partial charge is 0.480 e. The number of aromatic nitrogens is 3. The number of pyridine rings is 1. The molecule has 4 aromatic rings. The standard InChI is InChI=1S/C41H50Cl2N6O5Si/c1-24-17-31(45-33-23-49(21-29(24)33)39(51)53-40(2,3)4)37(50)46-30-16-12-14-27(36(30)43)26-13-11-15-28(35(26)42)32-18-44-34(38(47-32)52-8)22-48-19-25(20-48)54-55(9,10)41(5,6)7/h11-18,25H,19-23H2,1-10H3,(H,46,50). The van der Waals surface area contributed by atoms with E-state index in [0.717, 1.165) is 29.9 Å². The number of anilines is 1. The second kappa shape index (κ2) is 15.5. The zero-order chi connectivity index (χ0) is 40.0. The molecule has 0 bridgehead atoms. The van der Waals surface area contributed by atoms with Crippen molar-refractivity contribution in [1.82, 2.24) is 24.8 Å². The molecule has 0 unspecified atom stereocenters. The number of halogens is 2. The molecule has 2 aliphatic rings. The molecule has 1 saturated heterocycles. The summed E-state index contributed by atoms with van der Waals surface area (Å²) in [6.45, 7) is 21.6. The Hall–Kier alpha value is -4.07. The maximum atomic E-state index is 13.6. The first-order valence-electron chi connectivity index (χ1n) is 18.4. The maximum Gasteiger partial charge on any atom is 0.410 e. The summed E-state index contributed by atoms with van der Waals surface area (Å²) in [6, 6.07) is 12.7. The van der Waals surface area contributed by atoms with Crippen molar-refractivity contribution in [2.75, 3.05) is 25.5 Å². The number of carbonyl (C=O) groups excluding carboxylic acids is 2. The van der Waals surface area contributed by atoms with Gasteiger partial charge in [0, 0.05) is 36.3 Å². The van der Waals surface area contributed by atoms with Gasteiger partial charge in [0.1, 0.15) is 17.0 Å². The lowest BCUT2D eigenvalue weighted by atomic mass is 10.0. The first kappa shape index (κ1) is 40.6. The van der Waals surface area contributed by atoms with Crippen molar-refractivity contribution in [3.63, 3.8) is 0 Å². The maximum absolute atomic E-state index is 13.6. The third-order valence-corrected chi connectivity index (χ3v) is 15.7. The van der Waals surface area contributed by atoms with Crippen LogP contribution >= 0.6 is 23.2 Å². The summed E-state index contributed by atoms with van der Waals surface area (Å²) in [5.74, 6) is 0.00303. The highest BCUT2D eigenvalue weighted by Crippen LogP contribution is 2.42. The van der Waals surface area contributed by atoms with E-state index < -0.39 is 25.9 Å². The minimum Gasteiger partial charge on any atom is -0.480 e. The van der Waals surface area contributed by atoms with E-state index >= 15 is 0 Å². The number of hydrogen-bond donors (Lipinski definition) is 1. The summed E-state index contributed by atoms with van der Waals surface area (Å²) in [5.41, 5.74) is 5.66. The van der Waals surface area contributed by atoms with Crippen molar-refractivity contribution < 1.29 is 23.5 Å². The Labute approximate surface area is 334 Å². The van der Waals surface area contributed by atoms with Crippen molar-refractivity contribution in [2.24, 2.45) is 0 Å². The Morgan fingerprint density at radius 2 is 1.60 bits per heavy atom. The number of fused-ring (bicyclic) bond motifs is 1. The second-order valence-corrected chi connectivity index (χ2v) is 22.3. The van der Waals surface area contributed by atoms with Crippen LogP contribution in [0, 0.1) is 6.92 Å². The smallest absolute Gasteiger partial charge is 0.410 e. The normalized spacial score (nSPS) is 15.1. The highest BCUT2D eigenvalue weighted by molar-refractivity contribution is 6.74. The van der Waals surface area contributed by atoms with E-state index in [1.165, 1.54) is 0 Å². The van der Waals surface area contributed by atoms with Crippen LogP contribution in [0.3, 0.4) is 0 Å². The number of amides is 2. The molecule has 6 rings (SSSR count). The molecule has 4 heterocycles. The van der Waals surface area contributed by atoms with Crippen LogP contribution in [0.15, 0.2) is 48.7 Å². The molecule has 0 radical (unpaired) electrons. The van der Waals surface area contributed by atoms with Gasteiger partial charge in [-0.1, -0.05) is 74.3 Å². The van der Waals surface area contributed by atoms with E-state index in [0.29, 0.717) is 62.8 Å². The number of benzene rings is 2. The van der Waals surface area contributed by atoms with E-state index in [-0.39, 0.29) is 23.4 Å². The lowest BCUT2D eigenvalue weighted by Gasteiger charge is -2.46. The molecule has 11 nitrogen and oxygen atoms in total. The summed E-state index contributed by atoms with van der Waals surface area (Å²) in [4.78, 5) is 44.3. The first-order chi connectivity index (χ1) is 25.7. The molecule has 0 saturated carbocycles. The van der Waals surface area contributed by atoms with Gasteiger partial charge < -0.3 is 19.2 Å². The molecule has 0 atom stereocenters. The van der Waals surface area contributed by atoms with Crippen LogP contribution in [0.5, 0.6) is 5.88 Å². The number of methoxy groups -OCH3 is 1. The fraction of sp³-hybridized carbons (Fsp3) is 0.439. The van der Waals surface area contributed by atoms with Crippen LogP contribution in [0.1, 0.15) is 74.5 Å². The quantitative estimate of drug-likeness (QED) is 0.165. The van der Waals surface area contributed by atoms with E-state index in [2.05, 4.69) is 49.1 Å². The van der Waals surface area contributed by atoms with E-state index in [9.17, 15) is 9.59 Å². The van der Waals surface area contributed by atoms with Crippen LogP contribution < -0.4 is 10.1 Å². The molecule has 14 heteroatoms. The third-order valence-electron chi connectivity index (χ3n) is 10.4. The summed E-state index contributed by atoms with van der Waals surface area (Å²) >= 11 is 14.0. The average molecular weight is 806 g/mol. The molecule has 55 heavy (non-hydrogen) atoms. The highest BCUT2D eigenvalue weighted by atomic mass is 35.5. The zero-order valence-corrected chi connectivity index (χ0v) is 35.8. The number of hydrogen-bond acceptors (Lipinski definition) is 9. The number of carbonyl (C=O) groups is 2. The molecule has 0 aliphatic carbocycles. The SMILES string of the molecule is COc1nc(-c2cccc(-c3cccc(NC(=O)c4cc(C)c5c(n4)CN(C(=O)OC(C)(C)C)C5)c3Cl)c2Cl)cnc1CN1CC(O[Si](C)(C)C(C)(C)C)C1. The second-order valence-electron chi connectivity index (χ2n) is 16.8. The number of ether oxygens (including phenoxy) is 2. The highest BCUT2D eigenvalue weighted by Gasteiger charge is 2.42. The molecular formula is C41H50Cl2N6O5Si. The summed E-state index contributed by atoms with van der Waals surface area (Å²) in [7, 11) is -0.245. The number of aryl methyl sites for hydroxylation is 1. The molecule has 2 amide bonds. The van der Waals surface area contributed by atoms with Gasteiger partial charge in [-0.3, -0.25) is 19.6 Å². The Balaban J connectivity index is 1.16. The van der Waals surface area contributed by atoms with Gasteiger partial charge in [-0.2, -0.15) is 0 Å². The fourth-order valence-corrected chi connectivity index (χ4v) is 8.34. The topological polar surface area (TPSA) is 119 Å². The molecule has 2 aliphatic heterocycles. The Morgan fingerprint density at radius 3 is 2.25 bits per heavy atom. The first-order valence-corrected chi connectivity index (χ1v) is 22.1. The predicted molar refractivity (Wildman–Crippen MR) is 219 cm³/mol. The lowest BCUT2D eigenvalue weighted by molar-refractivity contribution is 0.00440. The van der Waals surface area contributed by atoms with Gasteiger partial charge >= 0.3 is 6.09 Å². The molecule has 2 aromatic heterocycles. The fourth-order valence-electron chi connectivity index (χ4n) is 6.40. The van der Waals surface area contributed by atoms with Gasteiger partial charge in [-0.05, 0) is 69.1 Å². The van der Waals surface area contributed by atoms with Gasteiger partial charge in [0.2, 0.25) is 5.88 Å². The van der Waals surface area contributed by atoms with Crippen LogP contribution in [0.25, 0.3) is 22.4 Å². The van der Waals surface area contributed by atoms with Gasteiger partial charge in [0.25, 0.3) is 5.91 Å². The van der Waals surface area contributed by atoms with Gasteiger partial charge in [-0.15, -0.1) is 0 Å². The van der Waals surface area contributed by atoms with Crippen molar-refractivity contribution in [2.45, 2.75) is 97.9 Å². The minimum absolute atomic E-state index is 0.164. The molecule has 0 spiro atoms. The van der Waals surface area contributed by atoms with Crippen LogP contribution in [-0.4, -0.2) is 77.0 Å². The van der Waals surface area contributed by atoms with Crippen molar-refractivity contribution in [1.29, 1.82) is 0 Å². The lowest BCUT2D eigenvalue weighted by Crippen LogP contribution is -2.57. The van der Waals surface area contributed by atoms with Crippen molar-refractivity contribution in [3.8, 4) is 28.3 Å². The molecule has 2 aromatic carbocycles. The van der Waals surface area contributed by atoms with E-state index in [4.69, 9.17) is 47.1 Å². The average Bonchev–Trinajstić information content (AvgIpc) is 3.53. The Morgan fingerprint density at radius 1 is 0.945 bits per heavy atom. The number of likely N-dealkylation sites (tertiary alicyclic amines) is 1. The summed E-state index contributed by atoms with van der Waals surface area (Å²) < 4.78 is 17.8. The Kier molecular flexibility index (Phi) is 11.4. The number of nitrogens with zero attached hydrogens (tertiary/aromatic N) is 5. The van der Waals surface area contributed by atoms with E-state index in [1.807, 2.05) is 52.0 Å². The van der Waals surface area contributed by atoms with Crippen LogP contribution in [-0.2, 0) is 28.8 Å². The van der Waals surface area contributed by atoms with Crippen LogP contribution in [0.2, 0.25) is 28.2 Å².